The zero-order valence-corrected chi connectivity index (χ0v) is 9.60. The summed E-state index contributed by atoms with van der Waals surface area (Å²) in [6.07, 6.45) is 0. The smallest absolute Gasteiger partial charge is 0.261 e. The van der Waals surface area contributed by atoms with Crippen molar-refractivity contribution >= 4 is 41.6 Å². The Bertz CT molecular complexity index is 472. The molecule has 1 aromatic heterocycles. The van der Waals surface area contributed by atoms with Gasteiger partial charge in [-0.05, 0) is 23.4 Å². The molecule has 1 aromatic carbocycles. The van der Waals surface area contributed by atoms with Crippen molar-refractivity contribution in [3.63, 3.8) is 0 Å². The summed E-state index contributed by atoms with van der Waals surface area (Å²) in [6.45, 7) is 0. The number of nitrogens with two attached hydrogens (primary N) is 1. The van der Waals surface area contributed by atoms with E-state index in [4.69, 9.17) is 33.5 Å². The van der Waals surface area contributed by atoms with Gasteiger partial charge in [-0.2, -0.15) is 4.98 Å². The van der Waals surface area contributed by atoms with Crippen LogP contribution in [0.3, 0.4) is 0 Å². The summed E-state index contributed by atoms with van der Waals surface area (Å²) >= 11 is 11.7. The summed E-state index contributed by atoms with van der Waals surface area (Å²) in [6, 6.07) is 4.97. The van der Waals surface area contributed by atoms with Crippen LogP contribution < -0.4 is 5.73 Å². The minimum Gasteiger partial charge on any atom is -0.365 e. The van der Waals surface area contributed by atoms with Gasteiger partial charge < -0.3 is 10.3 Å². The summed E-state index contributed by atoms with van der Waals surface area (Å²) in [7, 11) is 0. The van der Waals surface area contributed by atoms with Gasteiger partial charge in [-0.1, -0.05) is 23.2 Å². The Kier molecular flexibility index (Phi) is 3.79. The highest BCUT2D eigenvalue weighted by Gasteiger charge is 2.10. The summed E-state index contributed by atoms with van der Waals surface area (Å²) in [4.78, 5) is 3.84. The molecule has 0 atom stereocenters. The highest BCUT2D eigenvalue weighted by Crippen LogP contribution is 2.29. The molecule has 0 spiro atoms. The zero-order valence-electron chi connectivity index (χ0n) is 7.28. The fraction of sp³-hybridized carbons (Fsp3) is 0. The number of benzene rings is 1. The number of halogens is 3. The normalized spacial score (nSPS) is 9.73. The van der Waals surface area contributed by atoms with Crippen LogP contribution in [0.25, 0.3) is 11.5 Å². The van der Waals surface area contributed by atoms with Crippen LogP contribution in [0.15, 0.2) is 22.7 Å². The first-order chi connectivity index (χ1) is 6.66. The molecule has 0 saturated heterocycles. The Balaban J connectivity index is 0.00000112. The molecule has 0 aliphatic rings. The van der Waals surface area contributed by atoms with Crippen LogP contribution in [0, 0.1) is 0 Å². The molecule has 7 heteroatoms. The van der Waals surface area contributed by atoms with Crippen molar-refractivity contribution in [2.75, 3.05) is 5.73 Å². The van der Waals surface area contributed by atoms with E-state index >= 15 is 0 Å². The van der Waals surface area contributed by atoms with Crippen molar-refractivity contribution in [3.8, 4) is 11.5 Å². The van der Waals surface area contributed by atoms with E-state index in [0.29, 0.717) is 15.6 Å². The fourth-order valence-electron chi connectivity index (χ4n) is 1.01. The second-order valence-electron chi connectivity index (χ2n) is 2.58. The largest absolute Gasteiger partial charge is 0.365 e. The Morgan fingerprint density at radius 1 is 1.27 bits per heavy atom. The molecule has 1 heterocycles. The second kappa shape index (κ2) is 4.70. The van der Waals surface area contributed by atoms with Gasteiger partial charge in [0.15, 0.2) is 0 Å². The van der Waals surface area contributed by atoms with Gasteiger partial charge in [-0.25, -0.2) is 0 Å². The number of nitrogens with zero attached hydrogens (tertiary/aromatic N) is 2. The lowest BCUT2D eigenvalue weighted by atomic mass is 10.2. The number of hydrogen-bond acceptors (Lipinski definition) is 4. The summed E-state index contributed by atoms with van der Waals surface area (Å²) < 4.78 is 4.86. The van der Waals surface area contributed by atoms with Crippen molar-refractivity contribution in [1.82, 2.24) is 10.1 Å². The minimum atomic E-state index is 0. The molecular weight excluding hydrogens is 260 g/mol. The molecule has 0 fully saturated rings. The third-order valence-corrected chi connectivity index (χ3v) is 2.15. The van der Waals surface area contributed by atoms with Crippen molar-refractivity contribution in [1.29, 1.82) is 0 Å². The van der Waals surface area contributed by atoms with Gasteiger partial charge in [0.2, 0.25) is 0 Å². The predicted octanol–water partition coefficient (Wildman–Crippen LogP) is 3.05. The third kappa shape index (κ3) is 2.53. The Hall–Kier alpha value is -0.970. The molecule has 0 saturated carbocycles. The van der Waals surface area contributed by atoms with E-state index in [1.54, 1.807) is 18.2 Å². The molecule has 4 nitrogen and oxygen atoms in total. The molecule has 0 aliphatic carbocycles. The van der Waals surface area contributed by atoms with Gasteiger partial charge in [0.05, 0.1) is 10.6 Å². The summed E-state index contributed by atoms with van der Waals surface area (Å²) in [5.41, 5.74) is 5.92. The van der Waals surface area contributed by atoms with E-state index in [1.165, 1.54) is 0 Å². The third-order valence-electron chi connectivity index (χ3n) is 1.60. The molecule has 0 bridgehead atoms. The number of hydrogen-bond donors (Lipinski definition) is 1. The van der Waals surface area contributed by atoms with Crippen molar-refractivity contribution < 1.29 is 4.52 Å². The number of aromatic nitrogens is 2. The molecule has 2 N–H and O–H groups in total. The van der Waals surface area contributed by atoms with Crippen LogP contribution in [0.1, 0.15) is 0 Å². The Labute approximate surface area is 102 Å². The monoisotopic (exact) mass is 265 g/mol. The van der Waals surface area contributed by atoms with Crippen LogP contribution in [-0.2, 0) is 0 Å². The summed E-state index contributed by atoms with van der Waals surface area (Å²) in [5.74, 6) is 0.357. The Morgan fingerprint density at radius 2 is 2.00 bits per heavy atom. The van der Waals surface area contributed by atoms with Crippen LogP contribution in [0.5, 0.6) is 0 Å². The first kappa shape index (κ1) is 12.1. The quantitative estimate of drug-likeness (QED) is 0.861. The maximum absolute atomic E-state index is 5.92. The molecule has 2 rings (SSSR count). The SMILES string of the molecule is Cl.Nc1noc(-c2ccc(Cl)cc2Cl)n1. The molecule has 0 amide bonds. The first-order valence-electron chi connectivity index (χ1n) is 3.71. The molecule has 0 radical (unpaired) electrons. The van der Waals surface area contributed by atoms with Crippen LogP contribution in [0.2, 0.25) is 10.0 Å². The van der Waals surface area contributed by atoms with Gasteiger partial charge in [-0.3, -0.25) is 0 Å². The molecule has 2 aromatic rings. The molecular formula is C8H6Cl3N3O. The molecule has 0 unspecified atom stereocenters. The molecule has 15 heavy (non-hydrogen) atoms. The van der Waals surface area contributed by atoms with Crippen molar-refractivity contribution in [2.45, 2.75) is 0 Å². The van der Waals surface area contributed by atoms with Gasteiger partial charge in [0.1, 0.15) is 0 Å². The van der Waals surface area contributed by atoms with E-state index in [0.717, 1.165) is 0 Å². The van der Waals surface area contributed by atoms with E-state index in [-0.39, 0.29) is 24.2 Å². The van der Waals surface area contributed by atoms with Gasteiger partial charge in [-0.15, -0.1) is 12.4 Å². The van der Waals surface area contributed by atoms with E-state index in [2.05, 4.69) is 10.1 Å². The maximum atomic E-state index is 5.92. The molecule has 80 valence electrons. The number of anilines is 1. The lowest BCUT2D eigenvalue weighted by molar-refractivity contribution is 0.433. The minimum absolute atomic E-state index is 0. The second-order valence-corrected chi connectivity index (χ2v) is 3.43. The topological polar surface area (TPSA) is 64.9 Å². The van der Waals surface area contributed by atoms with Gasteiger partial charge in [0, 0.05) is 5.02 Å². The average molecular weight is 267 g/mol. The maximum Gasteiger partial charge on any atom is 0.261 e. The number of rotatable bonds is 1. The van der Waals surface area contributed by atoms with Crippen molar-refractivity contribution in [2.24, 2.45) is 0 Å². The number of nitrogen functional groups attached to an aromatic ring is 1. The highest BCUT2D eigenvalue weighted by atomic mass is 35.5. The highest BCUT2D eigenvalue weighted by molar-refractivity contribution is 6.36. The van der Waals surface area contributed by atoms with E-state index in [9.17, 15) is 0 Å². The fourth-order valence-corrected chi connectivity index (χ4v) is 1.50. The zero-order chi connectivity index (χ0) is 10.1. The average Bonchev–Trinajstić information content (AvgIpc) is 2.51. The predicted molar refractivity (Wildman–Crippen MR) is 61.4 cm³/mol. The standard InChI is InChI=1S/C8H5Cl2N3O.ClH/c9-4-1-2-5(6(10)3-4)7-12-8(11)13-14-7;/h1-3H,(H2,11,13);1H. The lowest BCUT2D eigenvalue weighted by Gasteiger charge is -1.97. The van der Waals surface area contributed by atoms with Crippen LogP contribution in [0.4, 0.5) is 5.95 Å². The first-order valence-corrected chi connectivity index (χ1v) is 4.47. The Morgan fingerprint density at radius 3 is 2.53 bits per heavy atom. The van der Waals surface area contributed by atoms with Gasteiger partial charge >= 0.3 is 0 Å². The van der Waals surface area contributed by atoms with Crippen LogP contribution >= 0.6 is 35.6 Å². The van der Waals surface area contributed by atoms with E-state index < -0.39 is 0 Å². The van der Waals surface area contributed by atoms with Gasteiger partial charge in [0.25, 0.3) is 11.8 Å². The summed E-state index contributed by atoms with van der Waals surface area (Å²) in [5, 5.41) is 4.45. The van der Waals surface area contributed by atoms with Crippen molar-refractivity contribution in [3.05, 3.63) is 28.2 Å². The van der Waals surface area contributed by atoms with Crippen LogP contribution in [-0.4, -0.2) is 10.1 Å². The lowest BCUT2D eigenvalue weighted by Crippen LogP contribution is -1.85. The molecule has 0 aliphatic heterocycles. The van der Waals surface area contributed by atoms with E-state index in [1.807, 2.05) is 0 Å².